The number of halogens is 2. The monoisotopic (exact) mass is 943 g/mol. The molecule has 3 saturated heterocycles. The molecule has 11 rings (SSSR count). The van der Waals surface area contributed by atoms with Crippen LogP contribution in [-0.2, 0) is 52.2 Å². The van der Waals surface area contributed by atoms with Gasteiger partial charge in [0.05, 0.1) is 30.3 Å². The highest BCUT2D eigenvalue weighted by Crippen LogP contribution is 2.45. The molecule has 7 aliphatic heterocycles. The normalized spacial score (nSPS) is 20.8. The number of piperazine rings is 1. The van der Waals surface area contributed by atoms with Crippen molar-refractivity contribution in [2.75, 3.05) is 68.7 Å². The van der Waals surface area contributed by atoms with Crippen molar-refractivity contribution in [3.8, 4) is 11.1 Å². The second-order valence-electron chi connectivity index (χ2n) is 19.3. The van der Waals surface area contributed by atoms with Gasteiger partial charge in [-0.05, 0) is 85.8 Å². The number of alkyl halides is 2. The lowest BCUT2D eigenvalue weighted by atomic mass is 9.90. The second kappa shape index (κ2) is 17.6. The van der Waals surface area contributed by atoms with Gasteiger partial charge >= 0.3 is 0 Å². The first-order valence-corrected chi connectivity index (χ1v) is 24.1. The number of fused-ring (bicyclic) bond motifs is 4. The number of likely N-dealkylation sites (tertiary alicyclic amines) is 1. The molecule has 17 nitrogen and oxygen atoms in total. The number of anilines is 3. The van der Waals surface area contributed by atoms with Crippen molar-refractivity contribution in [1.82, 2.24) is 44.6 Å². The van der Waals surface area contributed by atoms with Gasteiger partial charge in [-0.25, -0.2) is 8.78 Å². The Balaban J connectivity index is 0.759. The number of benzene rings is 2. The summed E-state index contributed by atoms with van der Waals surface area (Å²) >= 11 is 0. The molecule has 1 unspecified atom stereocenters. The number of carbonyl (C=O) groups is 6. The van der Waals surface area contributed by atoms with Gasteiger partial charge in [0.1, 0.15) is 6.04 Å². The SMILES string of the molecule is CC(=O)N1CCc2c(c(N3CCCc4cc(-c5cn(C)c6c5CNC=C6)c(C(F)F)cc43)nn2C2CCN(CC(=O)N3CCN(c4ccc5c(c4)C(=O)N(C4CCC(=O)NC4=O)C5=O)CC3)CC2)C1. The minimum atomic E-state index is -2.70. The summed E-state index contributed by atoms with van der Waals surface area (Å²) < 4.78 is 34.4. The first kappa shape index (κ1) is 44.6. The maximum atomic E-state index is 15.2. The average molecular weight is 944 g/mol. The van der Waals surface area contributed by atoms with Gasteiger partial charge in [0, 0.05) is 137 Å². The van der Waals surface area contributed by atoms with E-state index in [4.69, 9.17) is 5.10 Å². The van der Waals surface area contributed by atoms with E-state index in [1.807, 2.05) is 46.0 Å². The van der Waals surface area contributed by atoms with Crippen LogP contribution in [0.15, 0.2) is 42.7 Å². The molecule has 4 aromatic rings. The molecule has 7 aliphatic rings. The second-order valence-corrected chi connectivity index (χ2v) is 19.3. The van der Waals surface area contributed by atoms with Crippen molar-refractivity contribution in [3.05, 3.63) is 87.5 Å². The smallest absolute Gasteiger partial charge is 0.264 e. The van der Waals surface area contributed by atoms with Crippen LogP contribution in [0.2, 0.25) is 0 Å². The molecular formula is C50H55F2N11O6. The fraction of sp³-hybridized carbons (Fsp3) is 0.460. The maximum Gasteiger partial charge on any atom is 0.264 e. The Morgan fingerprint density at radius 1 is 0.826 bits per heavy atom. The van der Waals surface area contributed by atoms with Gasteiger partial charge in [-0.15, -0.1) is 0 Å². The van der Waals surface area contributed by atoms with E-state index >= 15 is 8.78 Å². The largest absolute Gasteiger partial charge is 0.387 e. The molecule has 2 aromatic carbocycles. The number of hydrogen-bond donors (Lipinski definition) is 2. The molecule has 360 valence electrons. The summed E-state index contributed by atoms with van der Waals surface area (Å²) in [5.74, 6) is -1.43. The molecule has 6 amide bonds. The first-order chi connectivity index (χ1) is 33.3. The third-order valence-corrected chi connectivity index (χ3v) is 15.3. The number of hydrogen-bond acceptors (Lipinski definition) is 11. The van der Waals surface area contributed by atoms with Crippen LogP contribution in [0.25, 0.3) is 17.2 Å². The Hall–Kier alpha value is -6.89. The van der Waals surface area contributed by atoms with E-state index < -0.39 is 36.1 Å². The van der Waals surface area contributed by atoms with Gasteiger partial charge in [-0.1, -0.05) is 0 Å². The van der Waals surface area contributed by atoms with Crippen LogP contribution in [0, 0.1) is 0 Å². The first-order valence-electron chi connectivity index (χ1n) is 24.1. The van der Waals surface area contributed by atoms with E-state index in [1.54, 1.807) is 31.2 Å². The molecule has 0 radical (unpaired) electrons. The molecule has 1 atom stereocenters. The van der Waals surface area contributed by atoms with E-state index in [1.165, 1.54) is 0 Å². The standard InChI is InChI=1S/C50H55F2N11O6/c1-29(64)60-17-12-41-39(27-60)47(61-14-3-4-30-22-34(35(46(51)52)24-43(30)61)38-26-56(2)40-9-13-53-25-37(38)40)55-63(41)31-10-15-57(16-11-31)28-45(66)59-20-18-58(19-21-59)32-5-6-33-36(23-32)50(69)62(49(33)68)42-7-8-44(65)54-48(42)67/h5-6,9,13,22-24,26,31,42,46,53H,3-4,7-8,10-12,14-21,25,27-28H2,1-2H3,(H,54,65,67). The van der Waals surface area contributed by atoms with E-state index in [2.05, 4.69) is 30.0 Å². The Labute approximate surface area is 397 Å². The summed E-state index contributed by atoms with van der Waals surface area (Å²) in [5, 5.41) is 10.8. The number of amides is 6. The van der Waals surface area contributed by atoms with Gasteiger partial charge in [0.2, 0.25) is 23.6 Å². The van der Waals surface area contributed by atoms with Crippen LogP contribution in [-0.4, -0.2) is 134 Å². The molecule has 0 bridgehead atoms. The van der Waals surface area contributed by atoms with Crippen molar-refractivity contribution in [2.45, 2.75) is 83.5 Å². The lowest BCUT2D eigenvalue weighted by Gasteiger charge is -2.38. The number of aryl methyl sites for hydroxylation is 2. The van der Waals surface area contributed by atoms with Gasteiger partial charge in [0.25, 0.3) is 18.2 Å². The van der Waals surface area contributed by atoms with E-state index in [-0.39, 0.29) is 53.9 Å². The molecule has 0 saturated carbocycles. The Kier molecular flexibility index (Phi) is 11.4. The quantitative estimate of drug-likeness (QED) is 0.242. The van der Waals surface area contributed by atoms with E-state index in [9.17, 15) is 28.8 Å². The molecular weight excluding hydrogens is 889 g/mol. The number of aromatic nitrogens is 3. The predicted molar refractivity (Wildman–Crippen MR) is 251 cm³/mol. The molecule has 69 heavy (non-hydrogen) atoms. The molecule has 9 heterocycles. The van der Waals surface area contributed by atoms with Gasteiger partial charge in [0.15, 0.2) is 5.82 Å². The van der Waals surface area contributed by atoms with Crippen LogP contribution in [0.3, 0.4) is 0 Å². The third kappa shape index (κ3) is 7.83. The summed E-state index contributed by atoms with van der Waals surface area (Å²) in [6, 6.07) is 7.74. The summed E-state index contributed by atoms with van der Waals surface area (Å²) in [5.41, 5.74) is 8.33. The molecule has 19 heteroatoms. The zero-order valence-corrected chi connectivity index (χ0v) is 38.8. The van der Waals surface area contributed by atoms with Gasteiger partial charge < -0.3 is 29.5 Å². The highest BCUT2D eigenvalue weighted by Gasteiger charge is 2.45. The van der Waals surface area contributed by atoms with Crippen molar-refractivity contribution in [2.24, 2.45) is 7.05 Å². The zero-order chi connectivity index (χ0) is 47.8. The van der Waals surface area contributed by atoms with E-state index in [0.717, 1.165) is 81.4 Å². The van der Waals surface area contributed by atoms with Crippen LogP contribution in [0.4, 0.5) is 26.0 Å². The predicted octanol–water partition coefficient (Wildman–Crippen LogP) is 4.28. The molecule has 3 fully saturated rings. The summed E-state index contributed by atoms with van der Waals surface area (Å²) in [6.45, 7) is 7.45. The zero-order valence-electron chi connectivity index (χ0n) is 38.8. The fourth-order valence-electron chi connectivity index (χ4n) is 11.6. The highest BCUT2D eigenvalue weighted by atomic mass is 19.3. The van der Waals surface area contributed by atoms with E-state index in [0.29, 0.717) is 77.4 Å². The molecule has 2 N–H and O–H groups in total. The van der Waals surface area contributed by atoms with Gasteiger partial charge in [-0.3, -0.25) is 48.6 Å². The molecule has 0 aliphatic carbocycles. The van der Waals surface area contributed by atoms with Crippen molar-refractivity contribution in [1.29, 1.82) is 0 Å². The van der Waals surface area contributed by atoms with Crippen molar-refractivity contribution < 1.29 is 37.5 Å². The fourth-order valence-corrected chi connectivity index (χ4v) is 11.6. The number of nitrogens with one attached hydrogen (secondary N) is 2. The average Bonchev–Trinajstić information content (AvgIpc) is 3.98. The van der Waals surface area contributed by atoms with Crippen molar-refractivity contribution in [3.63, 3.8) is 0 Å². The minimum Gasteiger partial charge on any atom is -0.387 e. The molecule has 2 aromatic heterocycles. The maximum absolute atomic E-state index is 15.2. The Bertz CT molecular complexity index is 2860. The third-order valence-electron chi connectivity index (χ3n) is 15.3. The van der Waals surface area contributed by atoms with Crippen LogP contribution < -0.4 is 20.4 Å². The highest BCUT2D eigenvalue weighted by molar-refractivity contribution is 6.23. The van der Waals surface area contributed by atoms with Gasteiger partial charge in [-0.2, -0.15) is 5.10 Å². The summed E-state index contributed by atoms with van der Waals surface area (Å²) in [6.07, 6.45) is 7.00. The Morgan fingerprint density at radius 3 is 2.36 bits per heavy atom. The van der Waals surface area contributed by atoms with Crippen LogP contribution >= 0.6 is 0 Å². The molecule has 0 spiro atoms. The lowest BCUT2D eigenvalue weighted by molar-refractivity contribution is -0.136. The number of nitrogens with zero attached hydrogens (tertiary/aromatic N) is 9. The Morgan fingerprint density at radius 2 is 1.61 bits per heavy atom. The minimum absolute atomic E-state index is 0.0110. The number of carbonyl (C=O) groups excluding carboxylic acids is 6. The summed E-state index contributed by atoms with van der Waals surface area (Å²) in [4.78, 5) is 88.4. The van der Waals surface area contributed by atoms with Crippen LogP contribution in [0.1, 0.15) is 106 Å². The lowest BCUT2D eigenvalue weighted by Crippen LogP contribution is -2.54. The van der Waals surface area contributed by atoms with Crippen LogP contribution in [0.5, 0.6) is 0 Å². The number of imide groups is 2. The summed E-state index contributed by atoms with van der Waals surface area (Å²) in [7, 11) is 1.94. The number of rotatable bonds is 8. The number of piperidine rings is 2. The van der Waals surface area contributed by atoms with Crippen molar-refractivity contribution >= 4 is 58.7 Å². The topological polar surface area (TPSA) is 169 Å².